The normalized spacial score (nSPS) is 20.7. The number of carbonyl (C=O) groups is 1. The molecule has 0 bridgehead atoms. The monoisotopic (exact) mass is 327 g/mol. The lowest BCUT2D eigenvalue weighted by molar-refractivity contribution is -0.138. The first kappa shape index (κ1) is 12.7. The van der Waals surface area contributed by atoms with Crippen molar-refractivity contribution in [1.29, 1.82) is 0 Å². The van der Waals surface area contributed by atoms with E-state index in [0.29, 0.717) is 21.5 Å². The predicted octanol–water partition coefficient (Wildman–Crippen LogP) is 2.58. The molecule has 0 radical (unpaired) electrons. The van der Waals surface area contributed by atoms with E-state index in [4.69, 9.17) is 20.3 Å². The van der Waals surface area contributed by atoms with Crippen LogP contribution in [0.2, 0.25) is 0 Å². The second-order valence-electron chi connectivity index (χ2n) is 4.96. The van der Waals surface area contributed by atoms with Crippen molar-refractivity contribution < 1.29 is 19.4 Å². The molecule has 1 unspecified atom stereocenters. The molecule has 1 aliphatic heterocycles. The van der Waals surface area contributed by atoms with Gasteiger partial charge in [-0.25, -0.2) is 0 Å². The zero-order chi connectivity index (χ0) is 13.6. The molecule has 1 aromatic rings. The Hall–Kier alpha value is -1.27. The molecular weight excluding hydrogens is 314 g/mol. The van der Waals surface area contributed by atoms with E-state index in [1.165, 1.54) is 0 Å². The highest BCUT2D eigenvalue weighted by molar-refractivity contribution is 9.10. The van der Waals surface area contributed by atoms with Crippen molar-refractivity contribution in [3.8, 4) is 11.5 Å². The standard InChI is InChI=1S/C13H14BrNO4/c14-8-6-10-9(5-7(8)11(15)12(16)17)18-13(19-10)3-1-2-4-13/h5-6,11H,1-4,15H2,(H,16,17). The maximum Gasteiger partial charge on any atom is 0.325 e. The lowest BCUT2D eigenvalue weighted by Gasteiger charge is -2.21. The van der Waals surface area contributed by atoms with Gasteiger partial charge in [0.1, 0.15) is 6.04 Å². The molecule has 3 rings (SSSR count). The van der Waals surface area contributed by atoms with Gasteiger partial charge in [-0.2, -0.15) is 0 Å². The molecular formula is C13H14BrNO4. The van der Waals surface area contributed by atoms with Crippen LogP contribution in [0.5, 0.6) is 11.5 Å². The van der Waals surface area contributed by atoms with Gasteiger partial charge in [-0.3, -0.25) is 4.79 Å². The van der Waals surface area contributed by atoms with Crippen LogP contribution in [0.15, 0.2) is 16.6 Å². The highest BCUT2D eigenvalue weighted by atomic mass is 79.9. The summed E-state index contributed by atoms with van der Waals surface area (Å²) in [7, 11) is 0. The molecule has 3 N–H and O–H groups in total. The van der Waals surface area contributed by atoms with E-state index in [-0.39, 0.29) is 0 Å². The van der Waals surface area contributed by atoms with Crippen molar-refractivity contribution in [3.05, 3.63) is 22.2 Å². The SMILES string of the molecule is NC(C(=O)O)c1cc2c(cc1Br)OC1(CCCC1)O2. The molecule has 1 spiro atoms. The van der Waals surface area contributed by atoms with E-state index in [0.717, 1.165) is 25.7 Å². The average Bonchev–Trinajstić information content (AvgIpc) is 2.94. The molecule has 2 aliphatic rings. The van der Waals surface area contributed by atoms with Gasteiger partial charge < -0.3 is 20.3 Å². The van der Waals surface area contributed by atoms with Gasteiger partial charge in [-0.1, -0.05) is 15.9 Å². The van der Waals surface area contributed by atoms with Gasteiger partial charge >= 0.3 is 5.97 Å². The number of halogens is 1. The number of rotatable bonds is 2. The smallest absolute Gasteiger partial charge is 0.325 e. The molecule has 0 saturated heterocycles. The van der Waals surface area contributed by atoms with Crippen LogP contribution in [-0.2, 0) is 4.79 Å². The summed E-state index contributed by atoms with van der Waals surface area (Å²) in [6, 6.07) is 2.31. The van der Waals surface area contributed by atoms with E-state index in [1.54, 1.807) is 12.1 Å². The summed E-state index contributed by atoms with van der Waals surface area (Å²) in [6.07, 6.45) is 3.88. The summed E-state index contributed by atoms with van der Waals surface area (Å²) in [5.74, 6) is -0.393. The van der Waals surface area contributed by atoms with Gasteiger partial charge in [0.15, 0.2) is 11.5 Å². The van der Waals surface area contributed by atoms with E-state index < -0.39 is 17.8 Å². The van der Waals surface area contributed by atoms with Gasteiger partial charge in [0.2, 0.25) is 0 Å². The second-order valence-corrected chi connectivity index (χ2v) is 5.81. The number of nitrogens with two attached hydrogens (primary N) is 1. The summed E-state index contributed by atoms with van der Waals surface area (Å²) < 4.78 is 12.4. The lowest BCUT2D eigenvalue weighted by Crippen LogP contribution is -2.34. The van der Waals surface area contributed by atoms with Crippen LogP contribution < -0.4 is 15.2 Å². The summed E-state index contributed by atoms with van der Waals surface area (Å²) in [6.45, 7) is 0. The Kier molecular flexibility index (Phi) is 2.94. The summed E-state index contributed by atoms with van der Waals surface area (Å²) >= 11 is 3.34. The second kappa shape index (κ2) is 4.38. The number of hydrogen-bond acceptors (Lipinski definition) is 4. The van der Waals surface area contributed by atoms with Crippen LogP contribution in [-0.4, -0.2) is 16.9 Å². The third kappa shape index (κ3) is 2.08. The third-order valence-electron chi connectivity index (χ3n) is 3.62. The largest absolute Gasteiger partial charge is 0.480 e. The molecule has 1 saturated carbocycles. The molecule has 102 valence electrons. The first-order valence-corrected chi connectivity index (χ1v) is 7.00. The lowest BCUT2D eigenvalue weighted by atomic mass is 10.1. The fraction of sp³-hybridized carbons (Fsp3) is 0.462. The number of aliphatic carboxylic acids is 1. The van der Waals surface area contributed by atoms with Crippen LogP contribution in [0.1, 0.15) is 37.3 Å². The van der Waals surface area contributed by atoms with E-state index in [2.05, 4.69) is 15.9 Å². The summed E-state index contributed by atoms with van der Waals surface area (Å²) in [5, 5.41) is 9.00. The van der Waals surface area contributed by atoms with Crippen LogP contribution in [0.3, 0.4) is 0 Å². The Morgan fingerprint density at radius 1 is 1.32 bits per heavy atom. The first-order chi connectivity index (χ1) is 9.01. The van der Waals surface area contributed by atoms with E-state index in [1.807, 2.05) is 0 Å². The Balaban J connectivity index is 1.96. The summed E-state index contributed by atoms with van der Waals surface area (Å²) in [4.78, 5) is 11.0. The zero-order valence-corrected chi connectivity index (χ0v) is 11.8. The highest BCUT2D eigenvalue weighted by Crippen LogP contribution is 2.48. The minimum absolute atomic E-state index is 0.491. The number of carboxylic acids is 1. The molecule has 6 heteroatoms. The summed E-state index contributed by atoms with van der Waals surface area (Å²) in [5.41, 5.74) is 6.14. The minimum atomic E-state index is -1.08. The minimum Gasteiger partial charge on any atom is -0.480 e. The van der Waals surface area contributed by atoms with Crippen molar-refractivity contribution >= 4 is 21.9 Å². The van der Waals surface area contributed by atoms with Gasteiger partial charge in [0, 0.05) is 17.3 Å². The number of benzene rings is 1. The van der Waals surface area contributed by atoms with Crippen molar-refractivity contribution in [3.63, 3.8) is 0 Å². The van der Waals surface area contributed by atoms with Crippen LogP contribution in [0.4, 0.5) is 0 Å². The molecule has 0 aromatic heterocycles. The van der Waals surface area contributed by atoms with Gasteiger partial charge in [0.25, 0.3) is 5.79 Å². The number of hydrogen-bond donors (Lipinski definition) is 2. The van der Waals surface area contributed by atoms with E-state index >= 15 is 0 Å². The maximum absolute atomic E-state index is 11.0. The third-order valence-corrected chi connectivity index (χ3v) is 4.31. The number of carboxylic acid groups (broad SMARTS) is 1. The van der Waals surface area contributed by atoms with Crippen molar-refractivity contribution in [2.75, 3.05) is 0 Å². The van der Waals surface area contributed by atoms with Crippen molar-refractivity contribution in [1.82, 2.24) is 0 Å². The molecule has 1 aromatic carbocycles. The maximum atomic E-state index is 11.0. The Labute approximate surface area is 118 Å². The fourth-order valence-corrected chi connectivity index (χ4v) is 3.19. The topological polar surface area (TPSA) is 81.8 Å². The Morgan fingerprint density at radius 3 is 2.47 bits per heavy atom. The Bertz CT molecular complexity index is 540. The first-order valence-electron chi connectivity index (χ1n) is 6.21. The average molecular weight is 328 g/mol. The van der Waals surface area contributed by atoms with Gasteiger partial charge in [0.05, 0.1) is 0 Å². The molecule has 5 nitrogen and oxygen atoms in total. The van der Waals surface area contributed by atoms with Crippen LogP contribution in [0.25, 0.3) is 0 Å². The van der Waals surface area contributed by atoms with Crippen LogP contribution >= 0.6 is 15.9 Å². The highest BCUT2D eigenvalue weighted by Gasteiger charge is 2.44. The molecule has 1 heterocycles. The van der Waals surface area contributed by atoms with Gasteiger partial charge in [-0.05, 0) is 30.5 Å². The van der Waals surface area contributed by atoms with Gasteiger partial charge in [-0.15, -0.1) is 0 Å². The van der Waals surface area contributed by atoms with Crippen LogP contribution in [0, 0.1) is 0 Å². The molecule has 1 atom stereocenters. The molecule has 0 amide bonds. The zero-order valence-electron chi connectivity index (χ0n) is 10.2. The Morgan fingerprint density at radius 2 is 1.89 bits per heavy atom. The van der Waals surface area contributed by atoms with E-state index in [9.17, 15) is 4.79 Å². The molecule has 19 heavy (non-hydrogen) atoms. The fourth-order valence-electron chi connectivity index (χ4n) is 2.62. The molecule has 1 fully saturated rings. The van der Waals surface area contributed by atoms with Crippen molar-refractivity contribution in [2.24, 2.45) is 5.73 Å². The predicted molar refractivity (Wildman–Crippen MR) is 71.2 cm³/mol. The number of fused-ring (bicyclic) bond motifs is 1. The molecule has 1 aliphatic carbocycles. The quantitative estimate of drug-likeness (QED) is 0.872. The van der Waals surface area contributed by atoms with Crippen molar-refractivity contribution in [2.45, 2.75) is 37.5 Å². The number of ether oxygens (including phenoxy) is 2.